The molecule has 5 saturated carbocycles. The molecule has 0 aromatic heterocycles. The highest BCUT2D eigenvalue weighted by atomic mass is 32.1. The van der Waals surface area contributed by atoms with Crippen molar-refractivity contribution in [3.63, 3.8) is 0 Å². The van der Waals surface area contributed by atoms with E-state index in [9.17, 15) is 0 Å². The molecule has 5 rings (SSSR count). The standard InChI is InChI=1S/C18H28S/c19-5-1-2-10-6-13-14(7-10)16-9-15(13)17-11-3-4-12(8-11)18(16)17/h10-19H,1-9H2. The molecule has 0 nitrogen and oxygen atoms in total. The second kappa shape index (κ2) is 4.18. The van der Waals surface area contributed by atoms with Gasteiger partial charge in [-0.2, -0.15) is 12.6 Å². The minimum atomic E-state index is 1.09. The number of rotatable bonds is 3. The average Bonchev–Trinajstić information content (AvgIpc) is 3.15. The molecular formula is C18H28S. The Morgan fingerprint density at radius 3 is 1.95 bits per heavy atom. The van der Waals surface area contributed by atoms with E-state index >= 15 is 0 Å². The van der Waals surface area contributed by atoms with Gasteiger partial charge in [-0.3, -0.25) is 0 Å². The van der Waals surface area contributed by atoms with Crippen LogP contribution in [-0.2, 0) is 0 Å². The van der Waals surface area contributed by atoms with Gasteiger partial charge >= 0.3 is 0 Å². The molecule has 0 spiro atoms. The molecule has 0 amide bonds. The fourth-order valence-corrected chi connectivity index (χ4v) is 8.20. The predicted molar refractivity (Wildman–Crippen MR) is 82.2 cm³/mol. The third-order valence-corrected chi connectivity index (χ3v) is 8.53. The summed E-state index contributed by atoms with van der Waals surface area (Å²) in [5.74, 6) is 11.7. The van der Waals surface area contributed by atoms with Crippen LogP contribution in [0, 0.1) is 53.3 Å². The predicted octanol–water partition coefficient (Wildman–Crippen LogP) is 4.65. The second-order valence-electron chi connectivity index (χ2n) is 8.58. The number of hydrogen-bond donors (Lipinski definition) is 1. The van der Waals surface area contributed by atoms with E-state index in [1.54, 1.807) is 38.5 Å². The lowest BCUT2D eigenvalue weighted by Crippen LogP contribution is -2.35. The normalized spacial score (nSPS) is 60.8. The summed E-state index contributed by atoms with van der Waals surface area (Å²) in [6, 6.07) is 0. The lowest BCUT2D eigenvalue weighted by Gasteiger charge is -2.40. The van der Waals surface area contributed by atoms with Gasteiger partial charge in [0.25, 0.3) is 0 Å². The number of fused-ring (bicyclic) bond motifs is 12. The first kappa shape index (κ1) is 12.0. The van der Waals surface area contributed by atoms with Crippen LogP contribution >= 0.6 is 12.6 Å². The van der Waals surface area contributed by atoms with Gasteiger partial charge < -0.3 is 0 Å². The zero-order valence-electron chi connectivity index (χ0n) is 12.0. The van der Waals surface area contributed by atoms with Crippen LogP contribution in [0.15, 0.2) is 0 Å². The Morgan fingerprint density at radius 2 is 1.37 bits per heavy atom. The molecule has 4 bridgehead atoms. The molecule has 0 aliphatic heterocycles. The highest BCUT2D eigenvalue weighted by Gasteiger charge is 2.66. The summed E-state index contributed by atoms with van der Waals surface area (Å²) in [6.45, 7) is 0. The van der Waals surface area contributed by atoms with Crippen LogP contribution in [0.3, 0.4) is 0 Å². The summed E-state index contributed by atoms with van der Waals surface area (Å²) in [6.07, 6.45) is 12.6. The molecule has 8 unspecified atom stereocenters. The quantitative estimate of drug-likeness (QED) is 0.563. The van der Waals surface area contributed by atoms with Crippen molar-refractivity contribution < 1.29 is 0 Å². The minimum absolute atomic E-state index is 1.09. The lowest BCUT2D eigenvalue weighted by molar-refractivity contribution is 0.0716. The lowest BCUT2D eigenvalue weighted by atomic mass is 9.64. The molecule has 0 aromatic carbocycles. The third kappa shape index (κ3) is 1.49. The Labute approximate surface area is 123 Å². The van der Waals surface area contributed by atoms with Gasteiger partial charge in [-0.25, -0.2) is 0 Å². The van der Waals surface area contributed by atoms with Crippen LogP contribution in [0.5, 0.6) is 0 Å². The van der Waals surface area contributed by atoms with Gasteiger partial charge in [0.1, 0.15) is 0 Å². The Bertz CT molecular complexity index is 348. The fourth-order valence-electron chi connectivity index (χ4n) is 8.02. The van der Waals surface area contributed by atoms with Gasteiger partial charge in [-0.15, -0.1) is 0 Å². The molecule has 106 valence electrons. The highest BCUT2D eigenvalue weighted by molar-refractivity contribution is 7.80. The van der Waals surface area contributed by atoms with Gasteiger partial charge in [-0.1, -0.05) is 0 Å². The first-order valence-corrected chi connectivity index (χ1v) is 9.61. The molecule has 0 N–H and O–H groups in total. The maximum Gasteiger partial charge on any atom is -0.00978 e. The van der Waals surface area contributed by atoms with Crippen molar-refractivity contribution in [3.8, 4) is 0 Å². The largest absolute Gasteiger partial charge is 0.179 e. The van der Waals surface area contributed by atoms with E-state index in [0.29, 0.717) is 0 Å². The minimum Gasteiger partial charge on any atom is -0.179 e. The van der Waals surface area contributed by atoms with Crippen molar-refractivity contribution in [2.24, 2.45) is 53.3 Å². The molecule has 8 atom stereocenters. The molecule has 0 radical (unpaired) electrons. The molecule has 0 heterocycles. The highest BCUT2D eigenvalue weighted by Crippen LogP contribution is 2.73. The Morgan fingerprint density at radius 1 is 0.737 bits per heavy atom. The van der Waals surface area contributed by atoms with Gasteiger partial charge in [-0.05, 0) is 110 Å². The average molecular weight is 276 g/mol. The SMILES string of the molecule is SCCCC1CC2C(C1)C1CC2C2C3CCC(C3)C12. The van der Waals surface area contributed by atoms with E-state index in [1.807, 2.05) is 0 Å². The Hall–Kier alpha value is 0.350. The smallest absolute Gasteiger partial charge is 0.00978 e. The second-order valence-corrected chi connectivity index (χ2v) is 9.03. The van der Waals surface area contributed by atoms with Gasteiger partial charge in [0, 0.05) is 0 Å². The van der Waals surface area contributed by atoms with Crippen LogP contribution in [0.2, 0.25) is 0 Å². The molecule has 5 aliphatic carbocycles. The summed E-state index contributed by atoms with van der Waals surface area (Å²) in [5.41, 5.74) is 0. The van der Waals surface area contributed by atoms with Crippen LogP contribution in [0.1, 0.15) is 51.4 Å². The zero-order chi connectivity index (χ0) is 12.6. The Kier molecular flexibility index (Phi) is 2.63. The summed E-state index contributed by atoms with van der Waals surface area (Å²) >= 11 is 4.41. The fraction of sp³-hybridized carbons (Fsp3) is 1.00. The van der Waals surface area contributed by atoms with Gasteiger partial charge in [0.15, 0.2) is 0 Å². The molecule has 5 fully saturated rings. The van der Waals surface area contributed by atoms with E-state index in [-0.39, 0.29) is 0 Å². The summed E-state index contributed by atoms with van der Waals surface area (Å²) < 4.78 is 0. The summed E-state index contributed by atoms with van der Waals surface area (Å²) in [4.78, 5) is 0. The van der Waals surface area contributed by atoms with Crippen LogP contribution in [0.4, 0.5) is 0 Å². The van der Waals surface area contributed by atoms with E-state index in [4.69, 9.17) is 0 Å². The molecule has 5 aliphatic rings. The number of hydrogen-bond acceptors (Lipinski definition) is 1. The number of thiol groups is 1. The molecule has 19 heavy (non-hydrogen) atoms. The molecular weight excluding hydrogens is 248 g/mol. The summed E-state index contributed by atoms with van der Waals surface area (Å²) in [7, 11) is 0. The van der Waals surface area contributed by atoms with Crippen molar-refractivity contribution in [1.82, 2.24) is 0 Å². The van der Waals surface area contributed by atoms with Crippen molar-refractivity contribution in [2.45, 2.75) is 51.4 Å². The Balaban J connectivity index is 1.37. The van der Waals surface area contributed by atoms with Crippen molar-refractivity contribution in [3.05, 3.63) is 0 Å². The van der Waals surface area contributed by atoms with Crippen molar-refractivity contribution >= 4 is 12.6 Å². The summed E-state index contributed by atoms with van der Waals surface area (Å²) in [5, 5.41) is 0. The topological polar surface area (TPSA) is 0 Å². The third-order valence-electron chi connectivity index (χ3n) is 8.21. The van der Waals surface area contributed by atoms with Crippen LogP contribution < -0.4 is 0 Å². The zero-order valence-corrected chi connectivity index (χ0v) is 12.9. The van der Waals surface area contributed by atoms with Gasteiger partial charge in [0.05, 0.1) is 0 Å². The van der Waals surface area contributed by atoms with E-state index in [2.05, 4.69) is 12.6 Å². The van der Waals surface area contributed by atoms with Crippen LogP contribution in [0.25, 0.3) is 0 Å². The molecule has 1 heteroatoms. The first-order chi connectivity index (χ1) is 9.36. The monoisotopic (exact) mass is 276 g/mol. The first-order valence-electron chi connectivity index (χ1n) is 8.97. The van der Waals surface area contributed by atoms with Crippen molar-refractivity contribution in [1.29, 1.82) is 0 Å². The molecule has 0 saturated heterocycles. The maximum atomic E-state index is 4.41. The molecule has 0 aromatic rings. The van der Waals surface area contributed by atoms with Gasteiger partial charge in [0.2, 0.25) is 0 Å². The van der Waals surface area contributed by atoms with Crippen LogP contribution in [-0.4, -0.2) is 5.75 Å². The maximum absolute atomic E-state index is 4.41. The van der Waals surface area contributed by atoms with E-state index < -0.39 is 0 Å². The van der Waals surface area contributed by atoms with E-state index in [0.717, 1.165) is 11.7 Å². The van der Waals surface area contributed by atoms with Crippen molar-refractivity contribution in [2.75, 3.05) is 5.75 Å². The van der Waals surface area contributed by atoms with E-state index in [1.165, 1.54) is 60.2 Å².